The van der Waals surface area contributed by atoms with E-state index in [0.29, 0.717) is 13.2 Å². The predicted molar refractivity (Wildman–Crippen MR) is 31.9 cm³/mol. The summed E-state index contributed by atoms with van der Waals surface area (Å²) < 4.78 is 4.83. The van der Waals surface area contributed by atoms with E-state index in [2.05, 4.69) is 4.84 Å². The largest absolute Gasteiger partial charge is 0.381 e. The normalized spacial score (nSPS) is 21.3. The minimum absolute atomic E-state index is 0.199. The molecule has 5 nitrogen and oxygen atoms in total. The van der Waals surface area contributed by atoms with Gasteiger partial charge in [0.15, 0.2) is 0 Å². The van der Waals surface area contributed by atoms with E-state index in [-0.39, 0.29) is 12.0 Å². The SMILES string of the molecule is CC(O[N+](=O)[O-])C1COC1. The molecule has 0 aromatic rings. The van der Waals surface area contributed by atoms with Crippen LogP contribution in [0.15, 0.2) is 0 Å². The molecule has 1 fully saturated rings. The van der Waals surface area contributed by atoms with Crippen molar-refractivity contribution in [3.8, 4) is 0 Å². The lowest BCUT2D eigenvalue weighted by molar-refractivity contribution is -0.770. The Labute approximate surface area is 58.0 Å². The van der Waals surface area contributed by atoms with Crippen LogP contribution in [0.1, 0.15) is 6.92 Å². The fourth-order valence-corrected chi connectivity index (χ4v) is 0.747. The Balaban J connectivity index is 2.19. The zero-order valence-corrected chi connectivity index (χ0v) is 5.65. The van der Waals surface area contributed by atoms with Crippen LogP contribution in [0.3, 0.4) is 0 Å². The second-order valence-corrected chi connectivity index (χ2v) is 2.33. The summed E-state index contributed by atoms with van der Waals surface area (Å²) in [6.07, 6.45) is -0.330. The van der Waals surface area contributed by atoms with Crippen LogP contribution in [-0.2, 0) is 9.57 Å². The van der Waals surface area contributed by atoms with E-state index >= 15 is 0 Å². The average molecular weight is 147 g/mol. The van der Waals surface area contributed by atoms with Crippen LogP contribution in [0.25, 0.3) is 0 Å². The molecule has 1 aliphatic heterocycles. The zero-order chi connectivity index (χ0) is 7.56. The summed E-state index contributed by atoms with van der Waals surface area (Å²) >= 11 is 0. The van der Waals surface area contributed by atoms with Crippen molar-refractivity contribution >= 4 is 0 Å². The fourth-order valence-electron chi connectivity index (χ4n) is 0.747. The minimum atomic E-state index is -0.761. The van der Waals surface area contributed by atoms with E-state index in [1.54, 1.807) is 6.92 Å². The lowest BCUT2D eigenvalue weighted by Crippen LogP contribution is -2.38. The number of ether oxygens (including phenoxy) is 1. The van der Waals surface area contributed by atoms with E-state index in [0.717, 1.165) is 0 Å². The molecular formula is C5H9NO4. The van der Waals surface area contributed by atoms with Gasteiger partial charge in [-0.3, -0.25) is 0 Å². The highest BCUT2D eigenvalue weighted by Gasteiger charge is 2.27. The first-order valence-corrected chi connectivity index (χ1v) is 3.09. The van der Waals surface area contributed by atoms with Crippen LogP contribution in [-0.4, -0.2) is 24.4 Å². The van der Waals surface area contributed by atoms with Crippen molar-refractivity contribution in [3.05, 3.63) is 10.1 Å². The summed E-state index contributed by atoms with van der Waals surface area (Å²) in [5, 5.41) is 9.04. The molecule has 0 saturated carbocycles. The van der Waals surface area contributed by atoms with Crippen molar-refractivity contribution in [2.75, 3.05) is 13.2 Å². The van der Waals surface area contributed by atoms with Crippen LogP contribution in [0, 0.1) is 16.0 Å². The van der Waals surface area contributed by atoms with Gasteiger partial charge in [0.05, 0.1) is 13.2 Å². The smallest absolute Gasteiger partial charge is 0.294 e. The Morgan fingerprint density at radius 1 is 1.80 bits per heavy atom. The third-order valence-corrected chi connectivity index (χ3v) is 1.58. The average Bonchev–Trinajstić information content (AvgIpc) is 1.55. The van der Waals surface area contributed by atoms with Gasteiger partial charge in [-0.1, -0.05) is 0 Å². The molecule has 0 N–H and O–H groups in total. The highest BCUT2D eigenvalue weighted by molar-refractivity contribution is 4.70. The zero-order valence-electron chi connectivity index (χ0n) is 5.65. The summed E-state index contributed by atoms with van der Waals surface area (Å²) in [5.41, 5.74) is 0. The molecule has 1 atom stereocenters. The highest BCUT2D eigenvalue weighted by Crippen LogP contribution is 2.16. The first kappa shape index (κ1) is 7.27. The van der Waals surface area contributed by atoms with Gasteiger partial charge >= 0.3 is 0 Å². The van der Waals surface area contributed by atoms with Gasteiger partial charge < -0.3 is 9.57 Å². The molecule has 1 heterocycles. The topological polar surface area (TPSA) is 61.6 Å². The third-order valence-electron chi connectivity index (χ3n) is 1.58. The van der Waals surface area contributed by atoms with E-state index < -0.39 is 5.09 Å². The van der Waals surface area contributed by atoms with E-state index in [1.807, 2.05) is 0 Å². The van der Waals surface area contributed by atoms with Gasteiger partial charge in [0.2, 0.25) is 0 Å². The molecule has 5 heteroatoms. The van der Waals surface area contributed by atoms with Crippen LogP contribution < -0.4 is 0 Å². The van der Waals surface area contributed by atoms with Gasteiger partial charge in [0.25, 0.3) is 5.09 Å². The molecule has 0 aliphatic carbocycles. The maximum atomic E-state index is 9.80. The molecule has 1 unspecified atom stereocenters. The van der Waals surface area contributed by atoms with Crippen molar-refractivity contribution in [1.82, 2.24) is 0 Å². The number of nitrogens with zero attached hydrogens (tertiary/aromatic N) is 1. The van der Waals surface area contributed by atoms with E-state index in [1.165, 1.54) is 0 Å². The molecule has 1 rings (SSSR count). The molecule has 0 aromatic carbocycles. The molecule has 58 valence electrons. The van der Waals surface area contributed by atoms with E-state index in [9.17, 15) is 10.1 Å². The first-order chi connectivity index (χ1) is 4.70. The Morgan fingerprint density at radius 2 is 2.40 bits per heavy atom. The van der Waals surface area contributed by atoms with E-state index in [4.69, 9.17) is 4.74 Å². The highest BCUT2D eigenvalue weighted by atomic mass is 17.0. The van der Waals surface area contributed by atoms with Crippen molar-refractivity contribution in [3.63, 3.8) is 0 Å². The van der Waals surface area contributed by atoms with Gasteiger partial charge in [-0.05, 0) is 6.92 Å². The summed E-state index contributed by atoms with van der Waals surface area (Å²) in [6, 6.07) is 0. The molecule has 1 aliphatic rings. The molecule has 0 spiro atoms. The van der Waals surface area contributed by atoms with Crippen LogP contribution in [0.2, 0.25) is 0 Å². The Morgan fingerprint density at radius 3 is 2.70 bits per heavy atom. The Kier molecular flexibility index (Phi) is 2.06. The van der Waals surface area contributed by atoms with Crippen molar-refractivity contribution in [2.45, 2.75) is 13.0 Å². The summed E-state index contributed by atoms with van der Waals surface area (Å²) in [4.78, 5) is 14.1. The second-order valence-electron chi connectivity index (χ2n) is 2.33. The predicted octanol–water partition coefficient (Wildman–Crippen LogP) is 0.230. The fraction of sp³-hybridized carbons (Fsp3) is 1.00. The lowest BCUT2D eigenvalue weighted by Gasteiger charge is -2.29. The minimum Gasteiger partial charge on any atom is -0.381 e. The molecule has 10 heavy (non-hydrogen) atoms. The molecule has 0 radical (unpaired) electrons. The van der Waals surface area contributed by atoms with Crippen molar-refractivity contribution < 1.29 is 14.7 Å². The molecule has 0 aromatic heterocycles. The Bertz CT molecular complexity index is 134. The molecule has 1 saturated heterocycles. The number of hydrogen-bond acceptors (Lipinski definition) is 4. The summed E-state index contributed by atoms with van der Waals surface area (Å²) in [5.74, 6) is 0.199. The first-order valence-electron chi connectivity index (χ1n) is 3.09. The van der Waals surface area contributed by atoms with Gasteiger partial charge in [-0.2, -0.15) is 0 Å². The molecular weight excluding hydrogens is 138 g/mol. The van der Waals surface area contributed by atoms with Gasteiger partial charge in [-0.15, -0.1) is 10.1 Å². The van der Waals surface area contributed by atoms with Crippen LogP contribution in [0.4, 0.5) is 0 Å². The maximum absolute atomic E-state index is 9.80. The van der Waals surface area contributed by atoms with Crippen molar-refractivity contribution in [1.29, 1.82) is 0 Å². The maximum Gasteiger partial charge on any atom is 0.294 e. The second kappa shape index (κ2) is 2.83. The summed E-state index contributed by atoms with van der Waals surface area (Å²) in [6.45, 7) is 2.83. The van der Waals surface area contributed by atoms with Gasteiger partial charge in [0, 0.05) is 5.92 Å². The third kappa shape index (κ3) is 1.57. The van der Waals surface area contributed by atoms with Gasteiger partial charge in [0.1, 0.15) is 6.10 Å². The van der Waals surface area contributed by atoms with Crippen LogP contribution >= 0.6 is 0 Å². The molecule has 0 bridgehead atoms. The summed E-state index contributed by atoms with van der Waals surface area (Å²) in [7, 11) is 0. The monoisotopic (exact) mass is 147 g/mol. The van der Waals surface area contributed by atoms with Crippen molar-refractivity contribution in [2.24, 2.45) is 5.92 Å². The Hall–Kier alpha value is -0.840. The van der Waals surface area contributed by atoms with Crippen LogP contribution in [0.5, 0.6) is 0 Å². The number of hydrogen-bond donors (Lipinski definition) is 0. The standard InChI is InChI=1S/C5H9NO4/c1-4(10-6(7)8)5-2-9-3-5/h4-5H,2-3H2,1H3. The molecule has 0 amide bonds. The quantitative estimate of drug-likeness (QED) is 0.423. The van der Waals surface area contributed by atoms with Gasteiger partial charge in [-0.25, -0.2) is 0 Å². The number of rotatable bonds is 3. The lowest BCUT2D eigenvalue weighted by atomic mass is 10.0.